The highest BCUT2D eigenvalue weighted by atomic mass is 32.1. The van der Waals surface area contributed by atoms with Gasteiger partial charge in [0.15, 0.2) is 5.13 Å². The van der Waals surface area contributed by atoms with Crippen molar-refractivity contribution in [1.82, 2.24) is 15.3 Å². The fourth-order valence-electron chi connectivity index (χ4n) is 3.32. The summed E-state index contributed by atoms with van der Waals surface area (Å²) in [5.41, 5.74) is 1.24. The van der Waals surface area contributed by atoms with Crippen molar-refractivity contribution in [2.24, 2.45) is 0 Å². The van der Waals surface area contributed by atoms with Crippen molar-refractivity contribution in [3.05, 3.63) is 42.2 Å². The Kier molecular flexibility index (Phi) is 5.20. The Morgan fingerprint density at radius 3 is 2.78 bits per heavy atom. The Morgan fingerprint density at radius 1 is 1.15 bits per heavy atom. The lowest BCUT2D eigenvalue weighted by atomic mass is 9.96. The molecule has 0 bridgehead atoms. The molecule has 2 aromatic heterocycles. The van der Waals surface area contributed by atoms with Crippen LogP contribution in [0.25, 0.3) is 10.2 Å². The maximum Gasteiger partial charge on any atom is 0.269 e. The van der Waals surface area contributed by atoms with Gasteiger partial charge in [0.05, 0.1) is 10.2 Å². The second-order valence-electron chi connectivity index (χ2n) is 6.69. The molecule has 1 saturated carbocycles. The lowest BCUT2D eigenvalue weighted by Crippen LogP contribution is -2.21. The average molecular weight is 382 g/mol. The minimum absolute atomic E-state index is 0.242. The first-order valence-corrected chi connectivity index (χ1v) is 10.1. The van der Waals surface area contributed by atoms with Gasteiger partial charge in [0.25, 0.3) is 5.91 Å². The van der Waals surface area contributed by atoms with Gasteiger partial charge in [-0.05, 0) is 31.0 Å². The molecule has 1 amide bonds. The van der Waals surface area contributed by atoms with E-state index in [2.05, 4.69) is 15.6 Å². The topological polar surface area (TPSA) is 76.1 Å². The number of carbonyl (C=O) groups is 1. The number of pyridine rings is 1. The molecule has 2 N–H and O–H groups in total. The molecular weight excluding hydrogens is 360 g/mol. The summed E-state index contributed by atoms with van der Waals surface area (Å²) < 4.78 is 7.03. The number of amides is 1. The number of hydrogen-bond donors (Lipinski definition) is 2. The van der Waals surface area contributed by atoms with Crippen LogP contribution in [-0.4, -0.2) is 29.0 Å². The van der Waals surface area contributed by atoms with E-state index in [-0.39, 0.29) is 5.91 Å². The minimum atomic E-state index is -0.242. The summed E-state index contributed by atoms with van der Waals surface area (Å²) in [6.07, 6.45) is 7.94. The molecule has 0 atom stereocenters. The molecule has 0 spiro atoms. The molecule has 3 aromatic rings. The second-order valence-corrected chi connectivity index (χ2v) is 7.72. The number of anilines is 1. The van der Waals surface area contributed by atoms with E-state index >= 15 is 0 Å². The quantitative estimate of drug-likeness (QED) is 0.675. The van der Waals surface area contributed by atoms with Crippen molar-refractivity contribution in [3.8, 4) is 11.5 Å². The lowest BCUT2D eigenvalue weighted by Gasteiger charge is -2.22. The van der Waals surface area contributed by atoms with Gasteiger partial charge in [-0.1, -0.05) is 30.6 Å². The van der Waals surface area contributed by atoms with Crippen LogP contribution in [0.2, 0.25) is 0 Å². The third-order valence-electron chi connectivity index (χ3n) is 4.72. The van der Waals surface area contributed by atoms with Crippen LogP contribution in [0.1, 0.15) is 42.6 Å². The Morgan fingerprint density at radius 2 is 1.96 bits per heavy atom. The highest BCUT2D eigenvalue weighted by molar-refractivity contribution is 7.22. The number of nitrogens with one attached hydrogen (secondary N) is 2. The number of aromatic nitrogens is 2. The van der Waals surface area contributed by atoms with Gasteiger partial charge in [-0.15, -0.1) is 0 Å². The smallest absolute Gasteiger partial charge is 0.269 e. The van der Waals surface area contributed by atoms with Gasteiger partial charge in [0, 0.05) is 31.4 Å². The van der Waals surface area contributed by atoms with Crippen molar-refractivity contribution in [3.63, 3.8) is 0 Å². The highest BCUT2D eigenvalue weighted by Crippen LogP contribution is 2.32. The summed E-state index contributed by atoms with van der Waals surface area (Å²) in [6.45, 7) is 0. The van der Waals surface area contributed by atoms with Crippen LogP contribution < -0.4 is 15.4 Å². The van der Waals surface area contributed by atoms with Crippen LogP contribution in [0.3, 0.4) is 0 Å². The van der Waals surface area contributed by atoms with Crippen molar-refractivity contribution < 1.29 is 9.53 Å². The number of hydrogen-bond acceptors (Lipinski definition) is 6. The molecule has 1 aromatic carbocycles. The first-order valence-electron chi connectivity index (χ1n) is 9.24. The van der Waals surface area contributed by atoms with Crippen LogP contribution in [0.5, 0.6) is 11.5 Å². The summed E-state index contributed by atoms with van der Waals surface area (Å²) in [4.78, 5) is 20.5. The first-order chi connectivity index (χ1) is 13.2. The summed E-state index contributed by atoms with van der Waals surface area (Å²) >= 11 is 1.67. The van der Waals surface area contributed by atoms with Crippen molar-refractivity contribution in [2.45, 2.75) is 38.1 Å². The predicted molar refractivity (Wildman–Crippen MR) is 108 cm³/mol. The molecular formula is C20H22N4O2S. The summed E-state index contributed by atoms with van der Waals surface area (Å²) in [5, 5.41) is 7.11. The molecule has 1 aliphatic rings. The second kappa shape index (κ2) is 7.92. The molecule has 27 heavy (non-hydrogen) atoms. The van der Waals surface area contributed by atoms with Gasteiger partial charge < -0.3 is 15.4 Å². The zero-order chi connectivity index (χ0) is 18.6. The third-order valence-corrected chi connectivity index (χ3v) is 5.69. The zero-order valence-corrected chi connectivity index (χ0v) is 16.0. The number of fused-ring (bicyclic) bond motifs is 1. The molecule has 0 saturated heterocycles. The molecule has 4 rings (SSSR count). The van der Waals surface area contributed by atoms with Crippen molar-refractivity contribution in [1.29, 1.82) is 0 Å². The van der Waals surface area contributed by atoms with Crippen LogP contribution in [0.4, 0.5) is 5.13 Å². The maximum atomic E-state index is 11.7. The van der Waals surface area contributed by atoms with E-state index in [0.717, 1.165) is 15.3 Å². The Balaban J connectivity index is 1.50. The summed E-state index contributed by atoms with van der Waals surface area (Å²) in [5.74, 6) is 1.01. The van der Waals surface area contributed by atoms with Crippen LogP contribution >= 0.6 is 11.3 Å². The number of nitrogens with zero attached hydrogens (tertiary/aromatic N) is 2. The van der Waals surface area contributed by atoms with Gasteiger partial charge in [0.2, 0.25) is 0 Å². The fraction of sp³-hybridized carbons (Fsp3) is 0.350. The maximum absolute atomic E-state index is 11.7. The van der Waals surface area contributed by atoms with Gasteiger partial charge in [-0.25, -0.2) is 4.98 Å². The van der Waals surface area contributed by atoms with E-state index in [1.165, 1.54) is 32.1 Å². The number of rotatable bonds is 5. The van der Waals surface area contributed by atoms with Gasteiger partial charge in [-0.2, -0.15) is 0 Å². The molecule has 0 aliphatic heterocycles. The van der Waals surface area contributed by atoms with Crippen molar-refractivity contribution in [2.75, 3.05) is 12.4 Å². The van der Waals surface area contributed by atoms with Crippen LogP contribution in [0.15, 0.2) is 36.5 Å². The zero-order valence-electron chi connectivity index (χ0n) is 15.2. The van der Waals surface area contributed by atoms with Crippen LogP contribution in [0, 0.1) is 0 Å². The van der Waals surface area contributed by atoms with E-state index in [0.29, 0.717) is 23.2 Å². The number of ether oxygens (including phenoxy) is 1. The molecule has 140 valence electrons. The molecule has 2 heterocycles. The lowest BCUT2D eigenvalue weighted by molar-refractivity contribution is 0.0958. The highest BCUT2D eigenvalue weighted by Gasteiger charge is 2.15. The Bertz CT molecular complexity index is 950. The fourth-order valence-corrected chi connectivity index (χ4v) is 4.24. The average Bonchev–Trinajstić information content (AvgIpc) is 3.10. The van der Waals surface area contributed by atoms with Gasteiger partial charge in [0.1, 0.15) is 17.2 Å². The minimum Gasteiger partial charge on any atom is -0.457 e. The Hall–Kier alpha value is -2.67. The van der Waals surface area contributed by atoms with Crippen molar-refractivity contribution >= 4 is 32.6 Å². The van der Waals surface area contributed by atoms with E-state index < -0.39 is 0 Å². The van der Waals surface area contributed by atoms with E-state index in [1.54, 1.807) is 36.7 Å². The molecule has 0 unspecified atom stereocenters. The summed E-state index contributed by atoms with van der Waals surface area (Å²) in [6, 6.07) is 9.77. The van der Waals surface area contributed by atoms with E-state index in [1.807, 2.05) is 18.2 Å². The van der Waals surface area contributed by atoms with Gasteiger partial charge in [-0.3, -0.25) is 9.78 Å². The number of benzene rings is 1. The number of carbonyl (C=O) groups excluding carboxylic acids is 1. The van der Waals surface area contributed by atoms with E-state index in [9.17, 15) is 4.79 Å². The standard InChI is InChI=1S/C20H22N4O2S/c1-21-19(25)17-12-15(9-10-22-17)26-14-7-8-18-16(11-14)24-20(27-18)23-13-5-3-2-4-6-13/h7-13H,2-6H2,1H3,(H,21,25)(H,23,24). The predicted octanol–water partition coefficient (Wildman–Crippen LogP) is 4.59. The summed E-state index contributed by atoms with van der Waals surface area (Å²) in [7, 11) is 1.58. The monoisotopic (exact) mass is 382 g/mol. The Labute approximate surface area is 162 Å². The van der Waals surface area contributed by atoms with E-state index in [4.69, 9.17) is 9.72 Å². The van der Waals surface area contributed by atoms with Gasteiger partial charge >= 0.3 is 0 Å². The molecule has 7 heteroatoms. The SMILES string of the molecule is CNC(=O)c1cc(Oc2ccc3sc(NC4CCCCC4)nc3c2)ccn1. The normalized spacial score (nSPS) is 14.9. The largest absolute Gasteiger partial charge is 0.457 e. The third kappa shape index (κ3) is 4.19. The number of thiazole rings is 1. The molecule has 6 nitrogen and oxygen atoms in total. The molecule has 1 aliphatic carbocycles. The molecule has 1 fully saturated rings. The van der Waals surface area contributed by atoms with Crippen LogP contribution in [-0.2, 0) is 0 Å². The molecule has 0 radical (unpaired) electrons. The first kappa shape index (κ1) is 17.7.